The maximum atomic E-state index is 11.8. The highest BCUT2D eigenvalue weighted by atomic mass is 79.9. The first-order valence-electron chi connectivity index (χ1n) is 5.59. The number of hydrogen-bond donors (Lipinski definition) is 2. The van der Waals surface area contributed by atoms with Crippen molar-refractivity contribution in [3.05, 3.63) is 37.6 Å². The summed E-state index contributed by atoms with van der Waals surface area (Å²) in [7, 11) is 0. The van der Waals surface area contributed by atoms with Gasteiger partial charge in [0, 0.05) is 17.4 Å². The third-order valence-electron chi connectivity index (χ3n) is 2.89. The highest BCUT2D eigenvalue weighted by molar-refractivity contribution is 9.11. The van der Waals surface area contributed by atoms with Crippen molar-refractivity contribution in [2.24, 2.45) is 0 Å². The largest absolute Gasteiger partial charge is 0.394 e. The molecule has 0 amide bonds. The average molecular weight is 396 g/mol. The average Bonchev–Trinajstić information content (AvgIpc) is 2.74. The van der Waals surface area contributed by atoms with E-state index in [0.717, 1.165) is 0 Å². The van der Waals surface area contributed by atoms with Gasteiger partial charge in [-0.25, -0.2) is 4.79 Å². The van der Waals surface area contributed by atoms with Gasteiger partial charge in [0.05, 0.1) is 18.3 Å². The summed E-state index contributed by atoms with van der Waals surface area (Å²) in [5.74, 6) is 0. The Morgan fingerprint density at radius 3 is 2.89 bits per heavy atom. The van der Waals surface area contributed by atoms with Crippen LogP contribution in [0.25, 0.3) is 6.08 Å². The molecule has 3 unspecified atom stereocenters. The van der Waals surface area contributed by atoms with Gasteiger partial charge < -0.3 is 9.84 Å². The van der Waals surface area contributed by atoms with E-state index in [2.05, 4.69) is 36.8 Å². The third-order valence-corrected chi connectivity index (χ3v) is 4.12. The number of halogens is 2. The second-order valence-electron chi connectivity index (χ2n) is 4.11. The molecular weight excluding hydrogens is 384 g/mol. The smallest absolute Gasteiger partial charge is 0.330 e. The van der Waals surface area contributed by atoms with Crippen LogP contribution < -0.4 is 11.2 Å². The van der Waals surface area contributed by atoms with Crippen molar-refractivity contribution in [1.82, 2.24) is 9.55 Å². The van der Waals surface area contributed by atoms with E-state index in [9.17, 15) is 9.59 Å². The van der Waals surface area contributed by atoms with E-state index in [0.29, 0.717) is 12.0 Å². The lowest BCUT2D eigenvalue weighted by molar-refractivity contribution is -0.0235. The topological polar surface area (TPSA) is 84.3 Å². The quantitative estimate of drug-likeness (QED) is 0.746. The maximum Gasteiger partial charge on any atom is 0.330 e. The highest BCUT2D eigenvalue weighted by Gasteiger charge is 2.34. The number of aliphatic hydroxyl groups excluding tert-OH is 1. The molecule has 3 atom stereocenters. The Kier molecular flexibility index (Phi) is 4.77. The molecule has 1 aliphatic heterocycles. The van der Waals surface area contributed by atoms with Crippen molar-refractivity contribution >= 4 is 37.9 Å². The fourth-order valence-corrected chi connectivity index (χ4v) is 2.82. The Bertz CT molecular complexity index is 595. The van der Waals surface area contributed by atoms with Crippen LogP contribution in [0.5, 0.6) is 0 Å². The molecule has 1 aliphatic rings. The summed E-state index contributed by atoms with van der Waals surface area (Å²) in [6, 6.07) is 0. The van der Waals surface area contributed by atoms with E-state index in [1.165, 1.54) is 15.7 Å². The molecule has 19 heavy (non-hydrogen) atoms. The fraction of sp³-hybridized carbons (Fsp3) is 0.455. The SMILES string of the molecule is O=c1[nH]c(=O)n(C2CC(Br)C(CO)O2)cc1/C=C/Br. The van der Waals surface area contributed by atoms with Crippen LogP contribution in [0, 0.1) is 0 Å². The van der Waals surface area contributed by atoms with E-state index in [1.807, 2.05) is 0 Å². The molecular formula is C11H12Br2N2O4. The molecule has 0 radical (unpaired) electrons. The minimum absolute atomic E-state index is 0.0310. The van der Waals surface area contributed by atoms with E-state index in [1.54, 1.807) is 6.08 Å². The molecule has 1 saturated heterocycles. The summed E-state index contributed by atoms with van der Waals surface area (Å²) in [4.78, 5) is 27.1. The predicted octanol–water partition coefficient (Wildman–Crippen LogP) is 0.945. The monoisotopic (exact) mass is 394 g/mol. The lowest BCUT2D eigenvalue weighted by atomic mass is 10.2. The number of nitrogens with one attached hydrogen (secondary N) is 1. The van der Waals surface area contributed by atoms with Gasteiger partial charge in [0.25, 0.3) is 5.56 Å². The van der Waals surface area contributed by atoms with Crippen LogP contribution in [-0.2, 0) is 4.74 Å². The van der Waals surface area contributed by atoms with Gasteiger partial charge >= 0.3 is 5.69 Å². The van der Waals surface area contributed by atoms with Gasteiger partial charge in [0.15, 0.2) is 0 Å². The van der Waals surface area contributed by atoms with Gasteiger partial charge in [0.2, 0.25) is 0 Å². The van der Waals surface area contributed by atoms with Crippen molar-refractivity contribution < 1.29 is 9.84 Å². The second-order valence-corrected chi connectivity index (χ2v) is 5.81. The number of ether oxygens (including phenoxy) is 1. The summed E-state index contributed by atoms with van der Waals surface area (Å²) in [6.45, 7) is -0.126. The molecule has 2 N–H and O–H groups in total. The predicted molar refractivity (Wildman–Crippen MR) is 77.6 cm³/mol. The van der Waals surface area contributed by atoms with Crippen LogP contribution in [0.3, 0.4) is 0 Å². The molecule has 8 heteroatoms. The van der Waals surface area contributed by atoms with Gasteiger partial charge in [-0.05, 0) is 11.1 Å². The first-order chi connectivity index (χ1) is 9.06. The van der Waals surface area contributed by atoms with Crippen LogP contribution in [0.2, 0.25) is 0 Å². The van der Waals surface area contributed by atoms with Crippen molar-refractivity contribution in [1.29, 1.82) is 0 Å². The molecule has 1 aromatic rings. The Hall–Kier alpha value is -0.700. The molecule has 1 fully saturated rings. The van der Waals surface area contributed by atoms with Gasteiger partial charge in [0.1, 0.15) is 6.23 Å². The van der Waals surface area contributed by atoms with Gasteiger partial charge in [-0.15, -0.1) is 0 Å². The normalized spacial score (nSPS) is 27.2. The number of rotatable bonds is 3. The van der Waals surface area contributed by atoms with Crippen LogP contribution in [0.4, 0.5) is 0 Å². The molecule has 2 rings (SSSR count). The van der Waals surface area contributed by atoms with Crippen molar-refractivity contribution in [2.45, 2.75) is 23.6 Å². The molecule has 0 aliphatic carbocycles. The number of hydrogen-bond acceptors (Lipinski definition) is 4. The number of aromatic amines is 1. The highest BCUT2D eigenvalue weighted by Crippen LogP contribution is 2.32. The number of H-pyrrole nitrogens is 1. The maximum absolute atomic E-state index is 11.8. The molecule has 1 aromatic heterocycles. The summed E-state index contributed by atoms with van der Waals surface area (Å²) in [5, 5.41) is 9.14. The molecule has 0 aromatic carbocycles. The standard InChI is InChI=1S/C11H12Br2N2O4/c12-2-1-6-4-15(11(18)14-10(6)17)9-3-7(13)8(5-16)19-9/h1-2,4,7-9,16H,3,5H2,(H,14,17,18)/b2-1+. The van der Waals surface area contributed by atoms with E-state index in [-0.39, 0.29) is 17.5 Å². The lowest BCUT2D eigenvalue weighted by Crippen LogP contribution is -2.33. The first-order valence-corrected chi connectivity index (χ1v) is 7.42. The zero-order valence-corrected chi connectivity index (χ0v) is 12.9. The molecule has 2 heterocycles. The van der Waals surface area contributed by atoms with Gasteiger partial charge in [-0.2, -0.15) is 0 Å². The zero-order valence-electron chi connectivity index (χ0n) is 9.75. The van der Waals surface area contributed by atoms with E-state index >= 15 is 0 Å². The van der Waals surface area contributed by atoms with Crippen LogP contribution in [-0.4, -0.2) is 32.2 Å². The van der Waals surface area contributed by atoms with Gasteiger partial charge in [-0.1, -0.05) is 31.9 Å². The minimum atomic E-state index is -0.528. The lowest BCUT2D eigenvalue weighted by Gasteiger charge is -2.14. The number of alkyl halides is 1. The van der Waals surface area contributed by atoms with Crippen LogP contribution >= 0.6 is 31.9 Å². The van der Waals surface area contributed by atoms with E-state index in [4.69, 9.17) is 9.84 Å². The Balaban J connectivity index is 2.38. The molecule has 0 saturated carbocycles. The molecule has 104 valence electrons. The summed E-state index contributed by atoms with van der Waals surface area (Å²) in [5.41, 5.74) is -0.636. The summed E-state index contributed by atoms with van der Waals surface area (Å²) < 4.78 is 6.90. The van der Waals surface area contributed by atoms with Gasteiger partial charge in [-0.3, -0.25) is 14.3 Å². The van der Waals surface area contributed by atoms with Crippen LogP contribution in [0.1, 0.15) is 18.2 Å². The third kappa shape index (κ3) is 3.07. The molecule has 0 spiro atoms. The Morgan fingerprint density at radius 2 is 2.32 bits per heavy atom. The number of aromatic nitrogens is 2. The number of nitrogens with zero attached hydrogens (tertiary/aromatic N) is 1. The van der Waals surface area contributed by atoms with E-state index < -0.39 is 17.5 Å². The zero-order chi connectivity index (χ0) is 14.0. The van der Waals surface area contributed by atoms with Crippen molar-refractivity contribution in [3.63, 3.8) is 0 Å². The fourth-order valence-electron chi connectivity index (χ4n) is 1.92. The van der Waals surface area contributed by atoms with Crippen LogP contribution in [0.15, 0.2) is 20.8 Å². The summed E-state index contributed by atoms with van der Waals surface area (Å²) in [6.07, 6.45) is 2.66. The molecule has 0 bridgehead atoms. The minimum Gasteiger partial charge on any atom is -0.394 e. The first kappa shape index (κ1) is 14.7. The molecule has 6 nitrogen and oxygen atoms in total. The summed E-state index contributed by atoms with van der Waals surface area (Å²) >= 11 is 6.48. The van der Waals surface area contributed by atoms with Crippen molar-refractivity contribution in [3.8, 4) is 0 Å². The van der Waals surface area contributed by atoms with Crippen molar-refractivity contribution in [2.75, 3.05) is 6.61 Å². The number of aliphatic hydroxyl groups is 1. The second kappa shape index (κ2) is 6.17. The Morgan fingerprint density at radius 1 is 1.58 bits per heavy atom. The Labute approximate surface area is 125 Å².